The van der Waals surface area contributed by atoms with Crippen molar-refractivity contribution in [3.05, 3.63) is 26.7 Å². The van der Waals surface area contributed by atoms with Crippen LogP contribution in [0.25, 0.3) is 0 Å². The molecule has 0 aliphatic rings. The molecule has 1 unspecified atom stereocenters. The molecule has 0 saturated heterocycles. The summed E-state index contributed by atoms with van der Waals surface area (Å²) in [4.78, 5) is 0. The van der Waals surface area contributed by atoms with E-state index in [2.05, 4.69) is 21.2 Å². The molecule has 17 heavy (non-hydrogen) atoms. The fraction of sp³-hybridized carbons (Fsp3) is 0.455. The minimum atomic E-state index is -0.592. The van der Waals surface area contributed by atoms with Gasteiger partial charge in [0.1, 0.15) is 0 Å². The van der Waals surface area contributed by atoms with Gasteiger partial charge >= 0.3 is 0 Å². The van der Waals surface area contributed by atoms with E-state index >= 15 is 0 Å². The average molecular weight is 343 g/mol. The fourth-order valence-electron chi connectivity index (χ4n) is 1.24. The number of nitrogens with one attached hydrogen (secondary N) is 1. The van der Waals surface area contributed by atoms with Crippen molar-refractivity contribution in [3.63, 3.8) is 0 Å². The van der Waals surface area contributed by atoms with E-state index in [0.29, 0.717) is 28.9 Å². The maximum atomic E-state index is 9.60. The first kappa shape index (κ1) is 15.1. The molecule has 1 rings (SSSR count). The van der Waals surface area contributed by atoms with Crippen LogP contribution in [0.5, 0.6) is 0 Å². The van der Waals surface area contributed by atoms with Gasteiger partial charge in [0.2, 0.25) is 0 Å². The van der Waals surface area contributed by atoms with Crippen LogP contribution < -0.4 is 5.32 Å². The molecule has 0 heterocycles. The highest BCUT2D eigenvalue weighted by atomic mass is 79.9. The number of aliphatic hydroxyl groups excluding tert-OH is 1. The second-order valence-corrected chi connectivity index (χ2v) is 5.17. The summed E-state index contributed by atoms with van der Waals surface area (Å²) in [6.07, 6.45) is -0.592. The largest absolute Gasteiger partial charge is 0.389 e. The molecule has 1 aromatic carbocycles. The Morgan fingerprint density at radius 2 is 2.00 bits per heavy atom. The molecule has 0 aliphatic carbocycles. The molecular formula is C11H14BrCl2NO2. The zero-order chi connectivity index (χ0) is 12.8. The smallest absolute Gasteiger partial charge is 0.0945 e. The van der Waals surface area contributed by atoms with Gasteiger partial charge in [0.05, 0.1) is 28.4 Å². The van der Waals surface area contributed by atoms with E-state index in [0.717, 1.165) is 4.47 Å². The number of hydrogen-bond acceptors (Lipinski definition) is 3. The summed E-state index contributed by atoms with van der Waals surface area (Å²) in [5.41, 5.74) is 0.618. The summed E-state index contributed by atoms with van der Waals surface area (Å²) in [6.45, 7) is 3.08. The summed E-state index contributed by atoms with van der Waals surface area (Å²) >= 11 is 15.4. The van der Waals surface area contributed by atoms with E-state index in [1.54, 1.807) is 12.1 Å². The predicted molar refractivity (Wildman–Crippen MR) is 75.2 cm³/mol. The Labute approximate surface area is 119 Å². The summed E-state index contributed by atoms with van der Waals surface area (Å²) in [5, 5.41) is 13.6. The van der Waals surface area contributed by atoms with Crippen LogP contribution in [0.15, 0.2) is 16.6 Å². The van der Waals surface area contributed by atoms with Crippen LogP contribution in [0.3, 0.4) is 0 Å². The van der Waals surface area contributed by atoms with Gasteiger partial charge in [0.15, 0.2) is 0 Å². The highest BCUT2D eigenvalue weighted by Crippen LogP contribution is 2.33. The monoisotopic (exact) mass is 341 g/mol. The number of rotatable bonds is 6. The SMILES string of the molecule is CCOCC(O)CNc1c(Cl)cc(Br)cc1Cl. The molecule has 0 radical (unpaired) electrons. The maximum Gasteiger partial charge on any atom is 0.0945 e. The quantitative estimate of drug-likeness (QED) is 0.830. The minimum absolute atomic E-state index is 0.287. The van der Waals surface area contributed by atoms with Gasteiger partial charge in [0, 0.05) is 17.6 Å². The van der Waals surface area contributed by atoms with E-state index < -0.39 is 6.10 Å². The lowest BCUT2D eigenvalue weighted by Gasteiger charge is -2.15. The summed E-state index contributed by atoms with van der Waals surface area (Å²) in [5.74, 6) is 0. The molecule has 1 atom stereocenters. The van der Waals surface area contributed by atoms with Crippen molar-refractivity contribution in [2.75, 3.05) is 25.1 Å². The molecule has 3 nitrogen and oxygen atoms in total. The lowest BCUT2D eigenvalue weighted by atomic mass is 10.3. The summed E-state index contributed by atoms with van der Waals surface area (Å²) in [6, 6.07) is 3.48. The van der Waals surface area contributed by atoms with Crippen LogP contribution in [0.2, 0.25) is 10.0 Å². The Kier molecular flexibility index (Phi) is 6.59. The Hall–Kier alpha value is -0.0000000000000000555. The van der Waals surface area contributed by atoms with Crippen molar-refractivity contribution >= 4 is 44.8 Å². The van der Waals surface area contributed by atoms with Crippen LogP contribution >= 0.6 is 39.1 Å². The van der Waals surface area contributed by atoms with Crippen molar-refractivity contribution in [2.45, 2.75) is 13.0 Å². The summed E-state index contributed by atoms with van der Waals surface area (Å²) in [7, 11) is 0. The number of anilines is 1. The van der Waals surface area contributed by atoms with E-state index in [-0.39, 0.29) is 6.61 Å². The Morgan fingerprint density at radius 3 is 2.53 bits per heavy atom. The van der Waals surface area contributed by atoms with Gasteiger partial charge < -0.3 is 15.2 Å². The first-order chi connectivity index (χ1) is 8.04. The predicted octanol–water partition coefficient (Wildman–Crippen LogP) is 3.57. The van der Waals surface area contributed by atoms with Crippen LogP contribution in [0.1, 0.15) is 6.92 Å². The van der Waals surface area contributed by atoms with Crippen LogP contribution in [0, 0.1) is 0 Å². The van der Waals surface area contributed by atoms with E-state index in [4.69, 9.17) is 27.9 Å². The van der Waals surface area contributed by atoms with Gasteiger partial charge in [-0.25, -0.2) is 0 Å². The Bertz CT molecular complexity index is 353. The normalized spacial score (nSPS) is 12.5. The molecule has 0 aliphatic heterocycles. The van der Waals surface area contributed by atoms with Gasteiger partial charge in [-0.2, -0.15) is 0 Å². The molecule has 6 heteroatoms. The third-order valence-electron chi connectivity index (χ3n) is 2.04. The van der Waals surface area contributed by atoms with Crippen LogP contribution in [0.4, 0.5) is 5.69 Å². The van der Waals surface area contributed by atoms with Crippen LogP contribution in [-0.4, -0.2) is 31.0 Å². The lowest BCUT2D eigenvalue weighted by Crippen LogP contribution is -2.25. The first-order valence-electron chi connectivity index (χ1n) is 5.18. The zero-order valence-electron chi connectivity index (χ0n) is 9.34. The molecule has 96 valence electrons. The van der Waals surface area contributed by atoms with Crippen LogP contribution in [-0.2, 0) is 4.74 Å². The second kappa shape index (κ2) is 7.44. The standard InChI is InChI=1S/C11H14BrCl2NO2/c1-2-17-6-8(16)5-15-11-9(13)3-7(12)4-10(11)14/h3-4,8,15-16H,2,5-6H2,1H3. The molecule has 0 amide bonds. The first-order valence-corrected chi connectivity index (χ1v) is 6.73. The molecule has 0 aromatic heterocycles. The molecule has 1 aromatic rings. The van der Waals surface area contributed by atoms with Crippen molar-refractivity contribution in [1.82, 2.24) is 0 Å². The van der Waals surface area contributed by atoms with Gasteiger partial charge in [-0.3, -0.25) is 0 Å². The zero-order valence-corrected chi connectivity index (χ0v) is 12.4. The van der Waals surface area contributed by atoms with Gasteiger partial charge in [-0.05, 0) is 19.1 Å². The molecule has 0 bridgehead atoms. The summed E-state index contributed by atoms with van der Waals surface area (Å²) < 4.78 is 5.91. The number of benzene rings is 1. The second-order valence-electron chi connectivity index (χ2n) is 3.44. The van der Waals surface area contributed by atoms with E-state index in [1.165, 1.54) is 0 Å². The number of ether oxygens (including phenoxy) is 1. The minimum Gasteiger partial charge on any atom is -0.389 e. The molecule has 0 spiro atoms. The highest BCUT2D eigenvalue weighted by molar-refractivity contribution is 9.10. The third kappa shape index (κ3) is 5.02. The molecular weight excluding hydrogens is 329 g/mol. The molecule has 0 saturated carbocycles. The highest BCUT2D eigenvalue weighted by Gasteiger charge is 2.09. The molecule has 2 N–H and O–H groups in total. The van der Waals surface area contributed by atoms with Gasteiger partial charge in [0.25, 0.3) is 0 Å². The average Bonchev–Trinajstić information content (AvgIpc) is 2.24. The molecule has 0 fully saturated rings. The Morgan fingerprint density at radius 1 is 1.41 bits per heavy atom. The third-order valence-corrected chi connectivity index (χ3v) is 3.09. The number of halogens is 3. The van der Waals surface area contributed by atoms with Crippen molar-refractivity contribution in [3.8, 4) is 0 Å². The topological polar surface area (TPSA) is 41.5 Å². The van der Waals surface area contributed by atoms with E-state index in [9.17, 15) is 5.11 Å². The lowest BCUT2D eigenvalue weighted by molar-refractivity contribution is 0.0496. The Balaban J connectivity index is 2.57. The van der Waals surface area contributed by atoms with Crippen molar-refractivity contribution in [1.29, 1.82) is 0 Å². The van der Waals surface area contributed by atoms with E-state index in [1.807, 2.05) is 6.92 Å². The van der Waals surface area contributed by atoms with Gasteiger partial charge in [-0.1, -0.05) is 39.1 Å². The fourth-order valence-corrected chi connectivity index (χ4v) is 2.59. The van der Waals surface area contributed by atoms with Crippen molar-refractivity contribution in [2.24, 2.45) is 0 Å². The number of hydrogen-bond donors (Lipinski definition) is 2. The number of aliphatic hydroxyl groups is 1. The maximum absolute atomic E-state index is 9.60. The van der Waals surface area contributed by atoms with Gasteiger partial charge in [-0.15, -0.1) is 0 Å². The van der Waals surface area contributed by atoms with Crippen molar-refractivity contribution < 1.29 is 9.84 Å².